The summed E-state index contributed by atoms with van der Waals surface area (Å²) in [4.78, 5) is 0.144. The Morgan fingerprint density at radius 1 is 1.08 bits per heavy atom. The van der Waals surface area contributed by atoms with Crippen LogP contribution in [0.3, 0.4) is 0 Å². The summed E-state index contributed by atoms with van der Waals surface area (Å²) in [5.41, 5.74) is 0.667. The summed E-state index contributed by atoms with van der Waals surface area (Å²) >= 11 is 0. The van der Waals surface area contributed by atoms with Crippen LogP contribution in [0.15, 0.2) is 59.5 Å². The standard InChI is InChI=1S/C18H23NO4S/c1-2-3-13-23-16-9-11-17(12-10-16)24(21,22)19-14-18(20)15-7-5-4-6-8-15/h4-12,18-20H,2-3,13-14H2,1H3. The summed E-state index contributed by atoms with van der Waals surface area (Å²) in [6.07, 6.45) is 1.11. The molecule has 0 amide bonds. The minimum absolute atomic E-state index is 0.0822. The molecule has 24 heavy (non-hydrogen) atoms. The van der Waals surface area contributed by atoms with Gasteiger partial charge in [0.15, 0.2) is 0 Å². The molecule has 1 atom stereocenters. The molecule has 0 radical (unpaired) electrons. The first-order valence-electron chi connectivity index (χ1n) is 7.98. The van der Waals surface area contributed by atoms with Crippen LogP contribution in [-0.2, 0) is 10.0 Å². The molecule has 130 valence electrons. The third-order valence-corrected chi connectivity index (χ3v) is 4.99. The summed E-state index contributed by atoms with van der Waals surface area (Å²) < 4.78 is 32.5. The number of hydrogen-bond donors (Lipinski definition) is 2. The fourth-order valence-corrected chi connectivity index (χ4v) is 3.15. The first kappa shape index (κ1) is 18.4. The molecule has 0 heterocycles. The van der Waals surface area contributed by atoms with Crippen molar-refractivity contribution in [3.63, 3.8) is 0 Å². The molecule has 0 aliphatic rings. The molecule has 0 aliphatic heterocycles. The van der Waals surface area contributed by atoms with Gasteiger partial charge in [-0.05, 0) is 36.2 Å². The number of aliphatic hydroxyl groups excluding tert-OH is 1. The Kier molecular flexibility index (Phi) is 6.78. The minimum atomic E-state index is -3.67. The van der Waals surface area contributed by atoms with Gasteiger partial charge in [-0.25, -0.2) is 13.1 Å². The number of sulfonamides is 1. The SMILES string of the molecule is CCCCOc1ccc(S(=O)(=O)NCC(O)c2ccccc2)cc1. The van der Waals surface area contributed by atoms with E-state index in [0.717, 1.165) is 12.8 Å². The van der Waals surface area contributed by atoms with Gasteiger partial charge in [-0.3, -0.25) is 0 Å². The maximum Gasteiger partial charge on any atom is 0.240 e. The molecule has 0 fully saturated rings. The summed E-state index contributed by atoms with van der Waals surface area (Å²) in [7, 11) is -3.67. The van der Waals surface area contributed by atoms with E-state index in [-0.39, 0.29) is 11.4 Å². The van der Waals surface area contributed by atoms with Crippen molar-refractivity contribution in [1.82, 2.24) is 4.72 Å². The van der Waals surface area contributed by atoms with E-state index in [4.69, 9.17) is 4.74 Å². The molecule has 0 saturated carbocycles. The third kappa shape index (κ3) is 5.33. The normalized spacial score (nSPS) is 12.8. The molecule has 0 bridgehead atoms. The van der Waals surface area contributed by atoms with Gasteiger partial charge in [0.25, 0.3) is 0 Å². The molecule has 2 aromatic carbocycles. The second-order valence-corrected chi connectivity index (χ2v) is 7.22. The number of benzene rings is 2. The van der Waals surface area contributed by atoms with Crippen LogP contribution in [0.5, 0.6) is 5.75 Å². The van der Waals surface area contributed by atoms with Gasteiger partial charge in [-0.1, -0.05) is 43.7 Å². The highest BCUT2D eigenvalue weighted by Gasteiger charge is 2.16. The van der Waals surface area contributed by atoms with Crippen molar-refractivity contribution in [2.24, 2.45) is 0 Å². The molecule has 2 N–H and O–H groups in total. The van der Waals surface area contributed by atoms with Crippen LogP contribution in [0.1, 0.15) is 31.4 Å². The van der Waals surface area contributed by atoms with Crippen molar-refractivity contribution in [2.75, 3.05) is 13.2 Å². The summed E-state index contributed by atoms with van der Waals surface area (Å²) in [5, 5.41) is 10.0. The van der Waals surface area contributed by atoms with Gasteiger partial charge in [0, 0.05) is 6.54 Å². The van der Waals surface area contributed by atoms with Gasteiger partial charge >= 0.3 is 0 Å². The van der Waals surface area contributed by atoms with Crippen LogP contribution in [0, 0.1) is 0 Å². The van der Waals surface area contributed by atoms with Gasteiger partial charge in [0.2, 0.25) is 10.0 Å². The van der Waals surface area contributed by atoms with Crippen molar-refractivity contribution >= 4 is 10.0 Å². The molecule has 2 rings (SSSR count). The minimum Gasteiger partial charge on any atom is -0.494 e. The van der Waals surface area contributed by atoms with Crippen LogP contribution >= 0.6 is 0 Å². The predicted molar refractivity (Wildman–Crippen MR) is 93.4 cm³/mol. The van der Waals surface area contributed by atoms with E-state index in [0.29, 0.717) is 17.9 Å². The number of aliphatic hydroxyl groups is 1. The Bertz CT molecular complexity index is 714. The second-order valence-electron chi connectivity index (χ2n) is 5.45. The Hall–Kier alpha value is -1.89. The zero-order valence-corrected chi connectivity index (χ0v) is 14.5. The molecule has 0 aliphatic carbocycles. The van der Waals surface area contributed by atoms with E-state index in [9.17, 15) is 13.5 Å². The molecule has 1 unspecified atom stereocenters. The lowest BCUT2D eigenvalue weighted by molar-refractivity contribution is 0.182. The molecule has 0 saturated heterocycles. The van der Waals surface area contributed by atoms with Crippen molar-refractivity contribution in [2.45, 2.75) is 30.8 Å². The average Bonchev–Trinajstić information content (AvgIpc) is 2.61. The Morgan fingerprint density at radius 3 is 2.38 bits per heavy atom. The zero-order valence-electron chi connectivity index (χ0n) is 13.7. The van der Waals surface area contributed by atoms with E-state index < -0.39 is 16.1 Å². The van der Waals surface area contributed by atoms with Crippen LogP contribution in [0.2, 0.25) is 0 Å². The van der Waals surface area contributed by atoms with Crippen LogP contribution < -0.4 is 9.46 Å². The first-order valence-corrected chi connectivity index (χ1v) is 9.47. The number of hydrogen-bond acceptors (Lipinski definition) is 4. The van der Waals surface area contributed by atoms with E-state index in [1.165, 1.54) is 12.1 Å². The third-order valence-electron chi connectivity index (χ3n) is 3.55. The number of unbranched alkanes of at least 4 members (excludes halogenated alkanes) is 1. The smallest absolute Gasteiger partial charge is 0.240 e. The fraction of sp³-hybridized carbons (Fsp3) is 0.333. The monoisotopic (exact) mass is 349 g/mol. The highest BCUT2D eigenvalue weighted by molar-refractivity contribution is 7.89. The largest absolute Gasteiger partial charge is 0.494 e. The van der Waals surface area contributed by atoms with Crippen molar-refractivity contribution in [1.29, 1.82) is 0 Å². The summed E-state index contributed by atoms with van der Waals surface area (Å²) in [5.74, 6) is 0.645. The Balaban J connectivity index is 1.94. The fourth-order valence-electron chi connectivity index (χ4n) is 2.11. The van der Waals surface area contributed by atoms with Gasteiger partial charge in [-0.15, -0.1) is 0 Å². The Labute approximate surface area is 143 Å². The number of nitrogens with one attached hydrogen (secondary N) is 1. The number of ether oxygens (including phenoxy) is 1. The lowest BCUT2D eigenvalue weighted by atomic mass is 10.1. The van der Waals surface area contributed by atoms with E-state index in [2.05, 4.69) is 11.6 Å². The topological polar surface area (TPSA) is 75.6 Å². The lowest BCUT2D eigenvalue weighted by Gasteiger charge is -2.13. The lowest BCUT2D eigenvalue weighted by Crippen LogP contribution is -2.28. The van der Waals surface area contributed by atoms with Crippen molar-refractivity contribution in [3.05, 3.63) is 60.2 Å². The zero-order chi connectivity index (χ0) is 17.4. The molecule has 0 aromatic heterocycles. The number of rotatable bonds is 9. The molecular weight excluding hydrogens is 326 g/mol. The molecular formula is C18H23NO4S. The second kappa shape index (κ2) is 8.82. The quantitative estimate of drug-likeness (QED) is 0.683. The van der Waals surface area contributed by atoms with E-state index in [1.807, 2.05) is 6.07 Å². The average molecular weight is 349 g/mol. The molecule has 0 spiro atoms. The molecule has 5 nitrogen and oxygen atoms in total. The van der Waals surface area contributed by atoms with Gasteiger partial charge in [0.05, 0.1) is 17.6 Å². The van der Waals surface area contributed by atoms with Crippen LogP contribution in [-0.4, -0.2) is 26.7 Å². The van der Waals surface area contributed by atoms with Crippen LogP contribution in [0.25, 0.3) is 0 Å². The van der Waals surface area contributed by atoms with Gasteiger partial charge in [0.1, 0.15) is 5.75 Å². The highest BCUT2D eigenvalue weighted by Crippen LogP contribution is 2.17. The highest BCUT2D eigenvalue weighted by atomic mass is 32.2. The maximum absolute atomic E-state index is 12.3. The predicted octanol–water partition coefficient (Wildman–Crippen LogP) is 2.88. The first-order chi connectivity index (χ1) is 11.5. The van der Waals surface area contributed by atoms with Gasteiger partial charge < -0.3 is 9.84 Å². The summed E-state index contributed by atoms with van der Waals surface area (Å²) in [6, 6.07) is 15.2. The Morgan fingerprint density at radius 2 is 1.75 bits per heavy atom. The molecule has 6 heteroatoms. The molecule has 2 aromatic rings. The van der Waals surface area contributed by atoms with Crippen molar-refractivity contribution in [3.8, 4) is 5.75 Å². The van der Waals surface area contributed by atoms with E-state index in [1.54, 1.807) is 36.4 Å². The van der Waals surface area contributed by atoms with Crippen molar-refractivity contribution < 1.29 is 18.3 Å². The van der Waals surface area contributed by atoms with Crippen LogP contribution in [0.4, 0.5) is 0 Å². The maximum atomic E-state index is 12.3. The van der Waals surface area contributed by atoms with E-state index >= 15 is 0 Å². The summed E-state index contributed by atoms with van der Waals surface area (Å²) in [6.45, 7) is 2.61. The van der Waals surface area contributed by atoms with Gasteiger partial charge in [-0.2, -0.15) is 0 Å².